The average molecular weight is 559 g/mol. The van der Waals surface area contributed by atoms with Crippen LogP contribution in [0.2, 0.25) is 0 Å². The van der Waals surface area contributed by atoms with Gasteiger partial charge in [0.05, 0.1) is 7.11 Å². The van der Waals surface area contributed by atoms with E-state index in [1.54, 1.807) is 0 Å². The van der Waals surface area contributed by atoms with Gasteiger partial charge < -0.3 is 31.6 Å². The van der Waals surface area contributed by atoms with Crippen molar-refractivity contribution in [2.45, 2.75) is 37.6 Å². The fourth-order valence-corrected chi connectivity index (χ4v) is 4.22. The number of carbonyl (C=O) groups is 4. The number of nitrogens with zero attached hydrogens (tertiary/aromatic N) is 1. The molecule has 4 atom stereocenters. The maximum absolute atomic E-state index is 14.5. The lowest BCUT2D eigenvalue weighted by Crippen LogP contribution is -2.47. The number of aromatic nitrogens is 1. The van der Waals surface area contributed by atoms with Crippen molar-refractivity contribution in [3.63, 3.8) is 0 Å². The predicted octanol–water partition coefficient (Wildman–Crippen LogP) is 1.97. The van der Waals surface area contributed by atoms with E-state index in [1.807, 2.05) is 5.32 Å². The minimum Gasteiger partial charge on any atom is -0.493 e. The molecular formula is C23H22F5N5O6. The summed E-state index contributed by atoms with van der Waals surface area (Å²) >= 11 is 0. The second-order valence-electron chi connectivity index (χ2n) is 8.74. The molecular weight excluding hydrogens is 537 g/mol. The first kappa shape index (κ1) is 29.2. The summed E-state index contributed by atoms with van der Waals surface area (Å²) in [6.07, 6.45) is -6.94. The summed E-state index contributed by atoms with van der Waals surface area (Å²) < 4.78 is 80.8. The predicted molar refractivity (Wildman–Crippen MR) is 123 cm³/mol. The fourth-order valence-electron chi connectivity index (χ4n) is 4.22. The number of hydrogen-bond acceptors (Lipinski definition) is 7. The lowest BCUT2D eigenvalue weighted by atomic mass is 9.77. The number of hydrogen-bond donors (Lipinski definition) is 4. The van der Waals surface area contributed by atoms with Gasteiger partial charge in [-0.25, -0.2) is 9.37 Å². The average Bonchev–Trinajstić information content (AvgIpc) is 3.12. The summed E-state index contributed by atoms with van der Waals surface area (Å²) in [6.45, 7) is 1.83. The van der Waals surface area contributed by atoms with Crippen LogP contribution in [0.3, 0.4) is 0 Å². The van der Waals surface area contributed by atoms with Crippen molar-refractivity contribution in [1.82, 2.24) is 4.98 Å². The molecule has 3 rings (SSSR count). The third-order valence-corrected chi connectivity index (χ3v) is 6.38. The summed E-state index contributed by atoms with van der Waals surface area (Å²) in [5.41, 5.74) is 6.09. The summed E-state index contributed by atoms with van der Waals surface area (Å²) in [5, 5.41) is 4.20. The summed E-state index contributed by atoms with van der Waals surface area (Å²) in [5.74, 6) is -12.1. The van der Waals surface area contributed by atoms with Crippen LogP contribution in [0.1, 0.15) is 35.8 Å². The van der Waals surface area contributed by atoms with E-state index in [1.165, 1.54) is 0 Å². The SMILES string of the molecule is COc1c([C@H]2[C@H](C(=O)Nc3cc(NC(=O)C(N)=O)nc(C(N)=O)c3)O[C@@](C)(C(F)(F)F)[C@H]2C)ccc(F)c1F. The highest BCUT2D eigenvalue weighted by atomic mass is 19.4. The van der Waals surface area contributed by atoms with E-state index in [2.05, 4.69) is 10.3 Å². The number of nitrogens with one attached hydrogen (secondary N) is 2. The Morgan fingerprint density at radius 3 is 2.28 bits per heavy atom. The number of primary amides is 2. The van der Waals surface area contributed by atoms with Gasteiger partial charge in [0, 0.05) is 29.2 Å². The van der Waals surface area contributed by atoms with Crippen LogP contribution in [-0.4, -0.2) is 53.6 Å². The number of rotatable bonds is 6. The van der Waals surface area contributed by atoms with Gasteiger partial charge in [0.25, 0.3) is 11.8 Å². The number of nitrogens with two attached hydrogens (primary N) is 2. The summed E-state index contributed by atoms with van der Waals surface area (Å²) in [7, 11) is 0.976. The van der Waals surface area contributed by atoms with Gasteiger partial charge in [0.15, 0.2) is 17.2 Å². The van der Waals surface area contributed by atoms with Crippen molar-refractivity contribution in [2.24, 2.45) is 17.4 Å². The molecule has 1 fully saturated rings. The minimum atomic E-state index is -4.99. The monoisotopic (exact) mass is 559 g/mol. The maximum atomic E-state index is 14.5. The molecule has 0 bridgehead atoms. The van der Waals surface area contributed by atoms with Crippen molar-refractivity contribution in [1.29, 1.82) is 0 Å². The third-order valence-electron chi connectivity index (χ3n) is 6.38. The van der Waals surface area contributed by atoms with Crippen molar-refractivity contribution in [2.75, 3.05) is 17.7 Å². The van der Waals surface area contributed by atoms with Crippen molar-refractivity contribution in [3.8, 4) is 5.75 Å². The van der Waals surface area contributed by atoms with Crippen LogP contribution in [0.15, 0.2) is 24.3 Å². The van der Waals surface area contributed by atoms with Crippen molar-refractivity contribution >= 4 is 35.1 Å². The van der Waals surface area contributed by atoms with Gasteiger partial charge in [-0.3, -0.25) is 19.2 Å². The van der Waals surface area contributed by atoms with E-state index >= 15 is 0 Å². The van der Waals surface area contributed by atoms with Gasteiger partial charge >= 0.3 is 18.0 Å². The molecule has 1 aliphatic heterocycles. The summed E-state index contributed by atoms with van der Waals surface area (Å²) in [6, 6.07) is 3.56. The van der Waals surface area contributed by atoms with E-state index in [0.29, 0.717) is 13.0 Å². The number of anilines is 2. The molecule has 210 valence electrons. The molecule has 39 heavy (non-hydrogen) atoms. The second-order valence-corrected chi connectivity index (χ2v) is 8.74. The maximum Gasteiger partial charge on any atom is 0.417 e. The lowest BCUT2D eigenvalue weighted by Gasteiger charge is -2.32. The smallest absolute Gasteiger partial charge is 0.417 e. The van der Waals surface area contributed by atoms with Crippen LogP contribution >= 0.6 is 0 Å². The molecule has 0 saturated carbocycles. The van der Waals surface area contributed by atoms with Crippen LogP contribution in [0.5, 0.6) is 5.75 Å². The van der Waals surface area contributed by atoms with Gasteiger partial charge in [-0.05, 0) is 19.1 Å². The number of carbonyl (C=O) groups excluding carboxylic acids is 4. The van der Waals surface area contributed by atoms with Crippen LogP contribution in [0.4, 0.5) is 33.5 Å². The largest absolute Gasteiger partial charge is 0.493 e. The normalized spacial score (nSPS) is 22.7. The Kier molecular flexibility index (Phi) is 7.82. The molecule has 2 heterocycles. The summed E-state index contributed by atoms with van der Waals surface area (Å²) in [4.78, 5) is 51.4. The molecule has 11 nitrogen and oxygen atoms in total. The number of methoxy groups -OCH3 is 1. The Bertz CT molecular complexity index is 1350. The Balaban J connectivity index is 2.08. The number of benzene rings is 1. The molecule has 1 aromatic heterocycles. The highest BCUT2D eigenvalue weighted by molar-refractivity contribution is 6.39. The third kappa shape index (κ3) is 5.45. The number of pyridine rings is 1. The molecule has 6 N–H and O–H groups in total. The molecule has 4 amide bonds. The van der Waals surface area contributed by atoms with Crippen LogP contribution in [0.25, 0.3) is 0 Å². The zero-order valence-corrected chi connectivity index (χ0v) is 20.5. The molecule has 2 aromatic rings. The van der Waals surface area contributed by atoms with E-state index in [4.69, 9.17) is 20.9 Å². The molecule has 1 saturated heterocycles. The highest BCUT2D eigenvalue weighted by Crippen LogP contribution is 2.55. The standard InChI is InChI=1S/C23H22F5N5O6/c1-8-14(10-4-5-11(24)15(25)16(10)38-3)17(39-22(8,2)23(26,27)28)20(36)31-9-6-12(18(29)34)32-13(7-9)33-21(37)19(30)35/h4-8,14,17H,1-3H3,(H2,29,34)(H2,30,35)(H2,31,32,33,36,37)/t8-,14-,17+,22+/m0/s1. The number of alkyl halides is 3. The zero-order chi connectivity index (χ0) is 29.4. The fraction of sp³-hybridized carbons (Fsp3) is 0.348. The van der Waals surface area contributed by atoms with Gasteiger partial charge in [0.2, 0.25) is 5.82 Å². The molecule has 1 aromatic carbocycles. The zero-order valence-electron chi connectivity index (χ0n) is 20.5. The lowest BCUT2D eigenvalue weighted by molar-refractivity contribution is -0.272. The van der Waals surface area contributed by atoms with Crippen molar-refractivity contribution in [3.05, 3.63) is 47.2 Å². The first-order valence-electron chi connectivity index (χ1n) is 11.0. The number of halogens is 5. The first-order chi connectivity index (χ1) is 18.0. The topological polar surface area (TPSA) is 176 Å². The highest BCUT2D eigenvalue weighted by Gasteiger charge is 2.66. The Hall–Kier alpha value is -4.34. The van der Waals surface area contributed by atoms with Gasteiger partial charge in [-0.15, -0.1) is 0 Å². The quantitative estimate of drug-likeness (QED) is 0.309. The molecule has 16 heteroatoms. The minimum absolute atomic E-state index is 0.265. The van der Waals surface area contributed by atoms with E-state index < -0.39 is 82.2 Å². The second kappa shape index (κ2) is 10.4. The van der Waals surface area contributed by atoms with Gasteiger partial charge in [-0.2, -0.15) is 17.6 Å². The van der Waals surface area contributed by atoms with E-state index in [0.717, 1.165) is 32.2 Å². The first-order valence-corrected chi connectivity index (χ1v) is 11.0. The van der Waals surface area contributed by atoms with Gasteiger partial charge in [0.1, 0.15) is 17.6 Å². The molecule has 0 spiro atoms. The van der Waals surface area contributed by atoms with E-state index in [-0.39, 0.29) is 11.3 Å². The number of ether oxygens (including phenoxy) is 2. The Morgan fingerprint density at radius 2 is 1.74 bits per heavy atom. The molecule has 0 radical (unpaired) electrons. The molecule has 1 aliphatic rings. The van der Waals surface area contributed by atoms with Crippen LogP contribution < -0.4 is 26.8 Å². The molecule has 0 unspecified atom stereocenters. The van der Waals surface area contributed by atoms with Crippen molar-refractivity contribution < 1.29 is 50.6 Å². The van der Waals surface area contributed by atoms with Crippen LogP contribution in [-0.2, 0) is 19.1 Å². The molecule has 0 aliphatic carbocycles. The van der Waals surface area contributed by atoms with Gasteiger partial charge in [-0.1, -0.05) is 13.0 Å². The van der Waals surface area contributed by atoms with E-state index in [9.17, 15) is 41.1 Å². The Labute approximate surface area is 217 Å². The van der Waals surface area contributed by atoms with Crippen LogP contribution in [0, 0.1) is 17.6 Å². The number of amides is 4. The Morgan fingerprint density at radius 1 is 1.10 bits per heavy atom.